The van der Waals surface area contributed by atoms with Gasteiger partial charge in [0, 0.05) is 13.2 Å². The van der Waals surface area contributed by atoms with E-state index >= 15 is 0 Å². The van der Waals surface area contributed by atoms with E-state index < -0.39 is 5.54 Å². The molecule has 0 aromatic carbocycles. The maximum Gasteiger partial charge on any atom is 0.326 e. The maximum absolute atomic E-state index is 11.7. The van der Waals surface area contributed by atoms with Gasteiger partial charge in [0.1, 0.15) is 5.54 Å². The van der Waals surface area contributed by atoms with Gasteiger partial charge < -0.3 is 14.8 Å². The molecule has 4 nitrogen and oxygen atoms in total. The molecule has 0 aliphatic rings. The first-order valence-electron chi connectivity index (χ1n) is 6.04. The van der Waals surface area contributed by atoms with Crippen LogP contribution in [0.25, 0.3) is 0 Å². The summed E-state index contributed by atoms with van der Waals surface area (Å²) in [7, 11) is 1.77. The number of carbonyl (C=O) groups excluding carboxylic acids is 1. The van der Waals surface area contributed by atoms with Crippen molar-refractivity contribution in [2.24, 2.45) is 0 Å². The van der Waals surface area contributed by atoms with E-state index in [2.05, 4.69) is 12.2 Å². The van der Waals surface area contributed by atoms with Crippen molar-refractivity contribution < 1.29 is 14.3 Å². The van der Waals surface area contributed by atoms with Gasteiger partial charge >= 0.3 is 5.97 Å². The molecule has 0 aliphatic carbocycles. The van der Waals surface area contributed by atoms with E-state index in [0.29, 0.717) is 19.6 Å². The molecule has 0 aromatic heterocycles. The van der Waals surface area contributed by atoms with Crippen LogP contribution in [0.2, 0.25) is 0 Å². The number of unbranched alkanes of at least 4 members (excludes halogenated alkanes) is 1. The summed E-state index contributed by atoms with van der Waals surface area (Å²) in [5.41, 5.74) is -0.637. The Kier molecular flexibility index (Phi) is 8.21. The Labute approximate surface area is 98.7 Å². The molecule has 0 amide bonds. The molecule has 0 spiro atoms. The van der Waals surface area contributed by atoms with Gasteiger partial charge in [-0.3, -0.25) is 4.79 Å². The van der Waals surface area contributed by atoms with E-state index in [-0.39, 0.29) is 5.97 Å². The van der Waals surface area contributed by atoms with Gasteiger partial charge in [0.25, 0.3) is 0 Å². The van der Waals surface area contributed by atoms with E-state index in [9.17, 15) is 4.79 Å². The van der Waals surface area contributed by atoms with Crippen molar-refractivity contribution >= 4 is 5.97 Å². The van der Waals surface area contributed by atoms with Crippen molar-refractivity contribution in [2.45, 2.75) is 45.6 Å². The number of rotatable bonds is 9. The average Bonchev–Trinajstić information content (AvgIpc) is 2.28. The zero-order chi connectivity index (χ0) is 12.4. The first kappa shape index (κ1) is 15.4. The molecular weight excluding hydrogens is 206 g/mol. The summed E-state index contributed by atoms with van der Waals surface area (Å²) >= 11 is 0. The standard InChI is InChI=1S/C12H25NO3/c1-5-7-9-15-10-8-12(3,13-4)11(14)16-6-2/h13H,5-10H2,1-4H3. The predicted molar refractivity (Wildman–Crippen MR) is 64.4 cm³/mol. The number of esters is 1. The zero-order valence-electron chi connectivity index (χ0n) is 11.0. The van der Waals surface area contributed by atoms with Gasteiger partial charge in [0.2, 0.25) is 0 Å². The van der Waals surface area contributed by atoms with Gasteiger partial charge in [0.15, 0.2) is 0 Å². The third-order valence-electron chi connectivity index (χ3n) is 2.67. The fourth-order valence-electron chi connectivity index (χ4n) is 1.24. The SMILES string of the molecule is CCCCOCCC(C)(NC)C(=O)OCC. The molecule has 1 atom stereocenters. The minimum absolute atomic E-state index is 0.211. The van der Waals surface area contributed by atoms with Crippen LogP contribution in [0.4, 0.5) is 0 Å². The normalized spacial score (nSPS) is 14.5. The van der Waals surface area contributed by atoms with Crippen molar-refractivity contribution in [3.05, 3.63) is 0 Å². The number of likely N-dealkylation sites (N-methyl/N-ethyl adjacent to an activating group) is 1. The lowest BCUT2D eigenvalue weighted by atomic mass is 9.99. The molecule has 0 saturated heterocycles. The highest BCUT2D eigenvalue weighted by atomic mass is 16.5. The van der Waals surface area contributed by atoms with Crippen molar-refractivity contribution in [1.29, 1.82) is 0 Å². The molecule has 16 heavy (non-hydrogen) atoms. The van der Waals surface area contributed by atoms with Gasteiger partial charge in [-0.1, -0.05) is 13.3 Å². The second kappa shape index (κ2) is 8.53. The van der Waals surface area contributed by atoms with Gasteiger partial charge in [0.05, 0.1) is 6.61 Å². The van der Waals surface area contributed by atoms with Crippen LogP contribution in [0, 0.1) is 0 Å². The molecule has 0 radical (unpaired) electrons. The molecule has 0 bridgehead atoms. The lowest BCUT2D eigenvalue weighted by Gasteiger charge is -2.26. The molecule has 0 fully saturated rings. The first-order chi connectivity index (χ1) is 7.60. The fraction of sp³-hybridized carbons (Fsp3) is 0.917. The quantitative estimate of drug-likeness (QED) is 0.485. The summed E-state index contributed by atoms with van der Waals surface area (Å²) in [5.74, 6) is -0.211. The Bertz CT molecular complexity index is 197. The molecule has 0 aromatic rings. The van der Waals surface area contributed by atoms with Crippen LogP contribution < -0.4 is 5.32 Å². The Morgan fingerprint density at radius 1 is 1.31 bits per heavy atom. The number of carbonyl (C=O) groups is 1. The first-order valence-corrected chi connectivity index (χ1v) is 6.04. The lowest BCUT2D eigenvalue weighted by molar-refractivity contribution is -0.151. The highest BCUT2D eigenvalue weighted by Crippen LogP contribution is 2.11. The molecule has 0 heterocycles. The summed E-state index contributed by atoms with van der Waals surface area (Å²) < 4.78 is 10.5. The maximum atomic E-state index is 11.7. The number of hydrogen-bond donors (Lipinski definition) is 1. The van der Waals surface area contributed by atoms with Gasteiger partial charge in [-0.15, -0.1) is 0 Å². The number of nitrogens with one attached hydrogen (secondary N) is 1. The second-order valence-electron chi connectivity index (χ2n) is 4.02. The highest BCUT2D eigenvalue weighted by molar-refractivity contribution is 5.80. The Balaban J connectivity index is 3.92. The monoisotopic (exact) mass is 231 g/mol. The largest absolute Gasteiger partial charge is 0.465 e. The number of ether oxygens (including phenoxy) is 2. The Hall–Kier alpha value is -0.610. The molecule has 4 heteroatoms. The molecule has 1 N–H and O–H groups in total. The molecular formula is C12H25NO3. The van der Waals surface area contributed by atoms with E-state index in [4.69, 9.17) is 9.47 Å². The van der Waals surface area contributed by atoms with Crippen molar-refractivity contribution in [3.8, 4) is 0 Å². The Morgan fingerprint density at radius 2 is 2.00 bits per heavy atom. The highest BCUT2D eigenvalue weighted by Gasteiger charge is 2.32. The molecule has 96 valence electrons. The van der Waals surface area contributed by atoms with Crippen molar-refractivity contribution in [1.82, 2.24) is 5.32 Å². The summed E-state index contributed by atoms with van der Waals surface area (Å²) in [6.07, 6.45) is 2.82. The van der Waals surface area contributed by atoms with Gasteiger partial charge in [-0.05, 0) is 33.7 Å². The average molecular weight is 231 g/mol. The Morgan fingerprint density at radius 3 is 2.50 bits per heavy atom. The van der Waals surface area contributed by atoms with Crippen LogP contribution in [-0.2, 0) is 14.3 Å². The van der Waals surface area contributed by atoms with Crippen molar-refractivity contribution in [3.63, 3.8) is 0 Å². The van der Waals surface area contributed by atoms with Crippen LogP contribution in [0.1, 0.15) is 40.0 Å². The minimum Gasteiger partial charge on any atom is -0.465 e. The summed E-state index contributed by atoms with van der Waals surface area (Å²) in [5, 5.41) is 3.00. The third-order valence-corrected chi connectivity index (χ3v) is 2.67. The van der Waals surface area contributed by atoms with Gasteiger partial charge in [-0.2, -0.15) is 0 Å². The van der Waals surface area contributed by atoms with E-state index in [1.807, 2.05) is 13.8 Å². The van der Waals surface area contributed by atoms with Crippen LogP contribution in [0.3, 0.4) is 0 Å². The van der Waals surface area contributed by atoms with Crippen molar-refractivity contribution in [2.75, 3.05) is 26.9 Å². The topological polar surface area (TPSA) is 47.6 Å². The zero-order valence-corrected chi connectivity index (χ0v) is 11.0. The summed E-state index contributed by atoms with van der Waals surface area (Å²) in [4.78, 5) is 11.7. The van der Waals surface area contributed by atoms with Crippen LogP contribution in [0.15, 0.2) is 0 Å². The van der Waals surface area contributed by atoms with Crippen LogP contribution in [-0.4, -0.2) is 38.4 Å². The molecule has 1 unspecified atom stereocenters. The smallest absolute Gasteiger partial charge is 0.326 e. The lowest BCUT2D eigenvalue weighted by Crippen LogP contribution is -2.49. The second-order valence-corrected chi connectivity index (χ2v) is 4.02. The van der Waals surface area contributed by atoms with Gasteiger partial charge in [-0.25, -0.2) is 0 Å². The summed E-state index contributed by atoms with van der Waals surface area (Å²) in [6, 6.07) is 0. The minimum atomic E-state index is -0.637. The molecule has 0 aliphatic heterocycles. The van der Waals surface area contributed by atoms with Crippen LogP contribution in [0.5, 0.6) is 0 Å². The fourth-order valence-corrected chi connectivity index (χ4v) is 1.24. The van der Waals surface area contributed by atoms with E-state index in [1.54, 1.807) is 7.05 Å². The third kappa shape index (κ3) is 5.47. The molecule has 0 rings (SSSR count). The van der Waals surface area contributed by atoms with E-state index in [1.165, 1.54) is 0 Å². The van der Waals surface area contributed by atoms with Crippen LogP contribution >= 0.6 is 0 Å². The number of hydrogen-bond acceptors (Lipinski definition) is 4. The van der Waals surface area contributed by atoms with E-state index in [0.717, 1.165) is 19.4 Å². The molecule has 0 saturated carbocycles. The predicted octanol–water partition coefficient (Wildman–Crippen LogP) is 1.73. The summed E-state index contributed by atoms with van der Waals surface area (Å²) in [6.45, 7) is 7.53.